The van der Waals surface area contributed by atoms with Crippen LogP contribution >= 0.6 is 35.7 Å². The first kappa shape index (κ1) is 28.5. The third-order valence-corrected chi connectivity index (χ3v) is 11.2. The number of thiocarbonyl (C=S) groups is 1. The number of nitrogens with zero attached hydrogens (tertiary/aromatic N) is 3. The second-order valence-electron chi connectivity index (χ2n) is 11.0. The number of piperidine rings is 3. The number of nitrogens with one attached hydrogen (secondary N) is 2. The number of rotatable bonds is 9. The molecule has 4 aliphatic heterocycles. The Labute approximate surface area is 256 Å². The number of aliphatic imine (C=N–C) groups is 1. The molecule has 0 aliphatic carbocycles. The van der Waals surface area contributed by atoms with Crippen molar-refractivity contribution in [1.82, 2.24) is 20.5 Å². The molecule has 0 radical (unpaired) electrons. The molecule has 2 aromatic carbocycles. The molecule has 4 aliphatic rings. The van der Waals surface area contributed by atoms with Crippen LogP contribution < -0.4 is 15.4 Å². The molecule has 6 atom stereocenters. The van der Waals surface area contributed by atoms with Crippen molar-refractivity contribution in [2.45, 2.75) is 36.7 Å². The number of fused-ring (bicyclic) bond motifs is 4. The average Bonchev–Trinajstić information content (AvgIpc) is 3.49. The van der Waals surface area contributed by atoms with Crippen LogP contribution in [0.25, 0.3) is 10.9 Å². The molecule has 9 heteroatoms. The minimum absolute atomic E-state index is 0.0274. The maximum absolute atomic E-state index is 5.92. The summed E-state index contributed by atoms with van der Waals surface area (Å²) in [6.45, 7) is 7.02. The van der Waals surface area contributed by atoms with Gasteiger partial charge in [-0.2, -0.15) is 0 Å². The van der Waals surface area contributed by atoms with Gasteiger partial charge in [0.1, 0.15) is 10.1 Å². The Balaban J connectivity index is 1.16. The van der Waals surface area contributed by atoms with Crippen LogP contribution in [0.1, 0.15) is 30.0 Å². The first-order valence-corrected chi connectivity index (χ1v) is 16.7. The summed E-state index contributed by atoms with van der Waals surface area (Å²) in [7, 11) is 1.71. The van der Waals surface area contributed by atoms with Crippen molar-refractivity contribution in [2.75, 3.05) is 32.5 Å². The molecule has 2 bridgehead atoms. The minimum atomic E-state index is 0.0274. The van der Waals surface area contributed by atoms with Gasteiger partial charge < -0.3 is 15.4 Å². The van der Waals surface area contributed by atoms with Crippen molar-refractivity contribution in [3.63, 3.8) is 0 Å². The number of aromatic nitrogens is 1. The van der Waals surface area contributed by atoms with E-state index in [-0.39, 0.29) is 12.1 Å². The monoisotopic (exact) mass is 603 g/mol. The van der Waals surface area contributed by atoms with E-state index in [1.165, 1.54) is 17.5 Å². The summed E-state index contributed by atoms with van der Waals surface area (Å²) in [5, 5.41) is 9.05. The van der Waals surface area contributed by atoms with Crippen LogP contribution in [0, 0.1) is 11.8 Å². The highest BCUT2D eigenvalue weighted by molar-refractivity contribution is 8.38. The molecule has 2 N–H and O–H groups in total. The molecule has 3 fully saturated rings. The average molecular weight is 604 g/mol. The fraction of sp³-hybridized carbons (Fsp3) is 0.406. The molecule has 7 rings (SSSR count). The van der Waals surface area contributed by atoms with Crippen molar-refractivity contribution in [2.24, 2.45) is 16.8 Å². The molecule has 41 heavy (non-hydrogen) atoms. The van der Waals surface area contributed by atoms with Gasteiger partial charge in [-0.1, -0.05) is 59.9 Å². The zero-order valence-electron chi connectivity index (χ0n) is 23.4. The second kappa shape index (κ2) is 13.2. The van der Waals surface area contributed by atoms with Gasteiger partial charge in [-0.05, 0) is 78.8 Å². The fourth-order valence-corrected chi connectivity index (χ4v) is 8.73. The highest BCUT2D eigenvalue weighted by Crippen LogP contribution is 2.42. The molecule has 3 aromatic rings. The highest BCUT2D eigenvalue weighted by Gasteiger charge is 2.43. The van der Waals surface area contributed by atoms with Crippen molar-refractivity contribution < 1.29 is 4.74 Å². The van der Waals surface area contributed by atoms with Gasteiger partial charge in [0.2, 0.25) is 0 Å². The quantitative estimate of drug-likeness (QED) is 0.227. The van der Waals surface area contributed by atoms with Gasteiger partial charge in [0.25, 0.3) is 0 Å². The molecule has 214 valence electrons. The predicted molar refractivity (Wildman–Crippen MR) is 178 cm³/mol. The summed E-state index contributed by atoms with van der Waals surface area (Å²) in [6, 6.07) is 19.4. The SMILES string of the molecule is C=CC1CN2CCC1C[C@H]2[C@@H](NC(=S)NC[C@@H]1CSC(SCc2ccccc2)=N1)c1ccnc2ccc(OC)cc12. The van der Waals surface area contributed by atoms with Crippen LogP contribution in [-0.2, 0) is 5.75 Å². The van der Waals surface area contributed by atoms with E-state index < -0.39 is 0 Å². The summed E-state index contributed by atoms with van der Waals surface area (Å²) in [4.78, 5) is 12.2. The van der Waals surface area contributed by atoms with Crippen molar-refractivity contribution in [1.29, 1.82) is 0 Å². The van der Waals surface area contributed by atoms with Crippen LogP contribution in [0.5, 0.6) is 5.75 Å². The summed E-state index contributed by atoms with van der Waals surface area (Å²) >= 11 is 9.59. The Bertz CT molecular complexity index is 1420. The lowest BCUT2D eigenvalue weighted by atomic mass is 9.73. The van der Waals surface area contributed by atoms with Crippen molar-refractivity contribution in [3.05, 3.63) is 84.6 Å². The molecule has 1 aromatic heterocycles. The van der Waals surface area contributed by atoms with Gasteiger partial charge in [0.15, 0.2) is 5.11 Å². The number of thioether (sulfide) groups is 2. The maximum atomic E-state index is 5.92. The Hall–Kier alpha value is -2.59. The standard InChI is InChI=1S/C32H37N5OS3/c1-3-22-18-37-14-12-23(22)15-29(37)30(26-11-13-33-28-10-9-25(38-2)16-27(26)28)36-31(39)34-17-24-20-41-32(35-24)40-19-21-7-5-4-6-8-21/h3-11,13,16,22-24,29-30H,1,12,14-15,17-20H2,2H3,(H2,34,36,39)/t22?,23?,24-,29+,30+/m1/s1. The van der Waals surface area contributed by atoms with Gasteiger partial charge in [-0.3, -0.25) is 14.9 Å². The Morgan fingerprint density at radius 3 is 2.93 bits per heavy atom. The van der Waals surface area contributed by atoms with E-state index in [4.69, 9.17) is 21.9 Å². The minimum Gasteiger partial charge on any atom is -0.497 e. The van der Waals surface area contributed by atoms with Crippen LogP contribution in [-0.4, -0.2) is 64.0 Å². The van der Waals surface area contributed by atoms with Gasteiger partial charge >= 0.3 is 0 Å². The summed E-state index contributed by atoms with van der Waals surface area (Å²) in [6.07, 6.45) is 6.42. The zero-order chi connectivity index (χ0) is 28.2. The summed E-state index contributed by atoms with van der Waals surface area (Å²) < 4.78 is 6.75. The number of hydrogen-bond donors (Lipinski definition) is 2. The van der Waals surface area contributed by atoms with Crippen molar-refractivity contribution in [3.8, 4) is 5.75 Å². The molecule has 3 unspecified atom stereocenters. The first-order valence-electron chi connectivity index (χ1n) is 14.3. The summed E-state index contributed by atoms with van der Waals surface area (Å²) in [5.74, 6) is 3.98. The third-order valence-electron chi connectivity index (χ3n) is 8.53. The van der Waals surface area contributed by atoms with Crippen LogP contribution in [0.2, 0.25) is 0 Å². The number of ether oxygens (including phenoxy) is 1. The van der Waals surface area contributed by atoms with Crippen molar-refractivity contribution >= 4 is 56.1 Å². The number of benzene rings is 2. The Kier molecular flexibility index (Phi) is 9.15. The Morgan fingerprint density at radius 1 is 1.27 bits per heavy atom. The highest BCUT2D eigenvalue weighted by atomic mass is 32.2. The van der Waals surface area contributed by atoms with Crippen LogP contribution in [0.3, 0.4) is 0 Å². The number of methoxy groups -OCH3 is 1. The van der Waals surface area contributed by atoms with Crippen LogP contribution in [0.4, 0.5) is 0 Å². The molecule has 0 spiro atoms. The second-order valence-corrected chi connectivity index (χ2v) is 13.6. The van der Waals surface area contributed by atoms with Gasteiger partial charge in [-0.25, -0.2) is 0 Å². The molecule has 0 saturated carbocycles. The lowest BCUT2D eigenvalue weighted by Crippen LogP contribution is -2.58. The van der Waals surface area contributed by atoms with Crippen LogP contribution in [0.15, 0.2) is 78.4 Å². The molecular formula is C32H37N5OS3. The largest absolute Gasteiger partial charge is 0.497 e. The molecule has 3 saturated heterocycles. The topological polar surface area (TPSA) is 61.8 Å². The van der Waals surface area contributed by atoms with E-state index in [0.717, 1.165) is 58.6 Å². The lowest BCUT2D eigenvalue weighted by Gasteiger charge is -2.52. The molecule has 0 amide bonds. The fourth-order valence-electron chi connectivity index (χ4n) is 6.35. The third kappa shape index (κ3) is 6.58. The smallest absolute Gasteiger partial charge is 0.166 e. The van der Waals surface area contributed by atoms with E-state index in [2.05, 4.69) is 75.6 Å². The van der Waals surface area contributed by atoms with Gasteiger partial charge in [0.05, 0.1) is 24.7 Å². The number of hydrogen-bond acceptors (Lipinski definition) is 7. The molecule has 6 nitrogen and oxygen atoms in total. The van der Waals surface area contributed by atoms with E-state index in [0.29, 0.717) is 23.0 Å². The normalized spacial score (nSPS) is 25.9. The van der Waals surface area contributed by atoms with E-state index in [9.17, 15) is 0 Å². The molecular weight excluding hydrogens is 567 g/mol. The van der Waals surface area contributed by atoms with Gasteiger partial charge in [0, 0.05) is 42.2 Å². The number of pyridine rings is 1. The van der Waals surface area contributed by atoms with E-state index >= 15 is 0 Å². The first-order chi connectivity index (χ1) is 20.1. The maximum Gasteiger partial charge on any atom is 0.166 e. The summed E-state index contributed by atoms with van der Waals surface area (Å²) in [5.41, 5.74) is 3.50. The zero-order valence-corrected chi connectivity index (χ0v) is 25.8. The lowest BCUT2D eigenvalue weighted by molar-refractivity contribution is 0.00430. The van der Waals surface area contributed by atoms with E-state index in [1.807, 2.05) is 41.9 Å². The Morgan fingerprint density at radius 2 is 2.15 bits per heavy atom. The molecule has 5 heterocycles. The predicted octanol–water partition coefficient (Wildman–Crippen LogP) is 6.05. The van der Waals surface area contributed by atoms with Gasteiger partial charge in [-0.15, -0.1) is 6.58 Å². The van der Waals surface area contributed by atoms with E-state index in [1.54, 1.807) is 7.11 Å².